The summed E-state index contributed by atoms with van der Waals surface area (Å²) in [6, 6.07) is 4.78. The molecule has 0 saturated carbocycles. The zero-order valence-electron chi connectivity index (χ0n) is 13.3. The van der Waals surface area contributed by atoms with Crippen molar-refractivity contribution < 1.29 is 13.9 Å². The highest BCUT2D eigenvalue weighted by Crippen LogP contribution is 2.18. The molecule has 0 bridgehead atoms. The fraction of sp³-hybridized carbons (Fsp3) is 0.562. The Morgan fingerprint density at radius 3 is 2.62 bits per heavy atom. The van der Waals surface area contributed by atoms with Crippen molar-refractivity contribution in [1.82, 2.24) is 10.6 Å². The summed E-state index contributed by atoms with van der Waals surface area (Å²) in [4.78, 5) is 11.4. The summed E-state index contributed by atoms with van der Waals surface area (Å²) in [7, 11) is 0. The molecule has 2 N–H and O–H groups in total. The van der Waals surface area contributed by atoms with Gasteiger partial charge in [0.05, 0.1) is 0 Å². The summed E-state index contributed by atoms with van der Waals surface area (Å²) in [6.07, 6.45) is 0.857. The first-order valence-corrected chi connectivity index (χ1v) is 7.25. The van der Waals surface area contributed by atoms with Crippen LogP contribution in [0.1, 0.15) is 39.7 Å². The van der Waals surface area contributed by atoms with Gasteiger partial charge >= 0.3 is 0 Å². The van der Waals surface area contributed by atoms with Gasteiger partial charge in [0.25, 0.3) is 5.91 Å². The molecule has 0 atom stereocenters. The lowest BCUT2D eigenvalue weighted by atomic mass is 10.1. The van der Waals surface area contributed by atoms with Crippen molar-refractivity contribution >= 4 is 5.91 Å². The lowest BCUT2D eigenvalue weighted by Crippen LogP contribution is -2.35. The molecular weight excluding hydrogens is 271 g/mol. The second kappa shape index (κ2) is 7.98. The van der Waals surface area contributed by atoms with Crippen LogP contribution in [0, 0.1) is 5.82 Å². The fourth-order valence-electron chi connectivity index (χ4n) is 1.60. The van der Waals surface area contributed by atoms with Crippen LogP contribution < -0.4 is 15.4 Å². The van der Waals surface area contributed by atoms with Gasteiger partial charge in [0.1, 0.15) is 0 Å². The number of carbonyl (C=O) groups excluding carboxylic acids is 1. The number of halogens is 1. The molecule has 4 nitrogen and oxygen atoms in total. The van der Waals surface area contributed by atoms with E-state index < -0.39 is 5.82 Å². The maximum Gasteiger partial charge on any atom is 0.257 e. The molecule has 0 fully saturated rings. The predicted octanol–water partition coefficient (Wildman–Crippen LogP) is 2.62. The third-order valence-corrected chi connectivity index (χ3v) is 2.75. The van der Waals surface area contributed by atoms with Crippen molar-refractivity contribution in [3.63, 3.8) is 0 Å². The first kappa shape index (κ1) is 17.4. The fourth-order valence-corrected chi connectivity index (χ4v) is 1.60. The molecule has 1 amide bonds. The minimum Gasteiger partial charge on any atom is -0.481 e. The summed E-state index contributed by atoms with van der Waals surface area (Å²) >= 11 is 0. The minimum absolute atomic E-state index is 0.0248. The van der Waals surface area contributed by atoms with Crippen LogP contribution in [-0.4, -0.2) is 24.6 Å². The van der Waals surface area contributed by atoms with E-state index in [4.69, 9.17) is 4.74 Å². The van der Waals surface area contributed by atoms with Gasteiger partial charge in [0, 0.05) is 18.6 Å². The second-order valence-electron chi connectivity index (χ2n) is 6.01. The monoisotopic (exact) mass is 296 g/mol. The van der Waals surface area contributed by atoms with Gasteiger partial charge in [-0.25, -0.2) is 4.39 Å². The summed E-state index contributed by atoms with van der Waals surface area (Å²) in [5.74, 6) is -0.595. The zero-order chi connectivity index (χ0) is 15.9. The van der Waals surface area contributed by atoms with Gasteiger partial charge in [-0.05, 0) is 44.9 Å². The quantitative estimate of drug-likeness (QED) is 0.813. The first-order chi connectivity index (χ1) is 9.81. The first-order valence-electron chi connectivity index (χ1n) is 7.25. The highest BCUT2D eigenvalue weighted by molar-refractivity contribution is 5.77. The Morgan fingerprint density at radius 2 is 2.05 bits per heavy atom. The Kier molecular flexibility index (Phi) is 6.62. The number of ether oxygens (including phenoxy) is 1. The van der Waals surface area contributed by atoms with Crippen LogP contribution in [-0.2, 0) is 11.3 Å². The van der Waals surface area contributed by atoms with Crippen molar-refractivity contribution in [3.8, 4) is 5.75 Å². The largest absolute Gasteiger partial charge is 0.481 e. The van der Waals surface area contributed by atoms with Crippen molar-refractivity contribution in [2.45, 2.75) is 46.2 Å². The SMILES string of the molecule is CCCNC(=O)COc1ccc(CNC(C)(C)C)cc1F. The second-order valence-corrected chi connectivity index (χ2v) is 6.01. The van der Waals surface area contributed by atoms with Gasteiger partial charge < -0.3 is 15.4 Å². The Balaban J connectivity index is 2.52. The number of nitrogens with one attached hydrogen (secondary N) is 2. The van der Waals surface area contributed by atoms with Gasteiger partial charge in [-0.2, -0.15) is 0 Å². The number of carbonyl (C=O) groups is 1. The molecule has 1 rings (SSSR count). The van der Waals surface area contributed by atoms with E-state index in [0.717, 1.165) is 12.0 Å². The summed E-state index contributed by atoms with van der Waals surface area (Å²) < 4.78 is 19.1. The molecule has 0 aromatic heterocycles. The van der Waals surface area contributed by atoms with E-state index in [1.54, 1.807) is 12.1 Å². The Morgan fingerprint density at radius 1 is 1.33 bits per heavy atom. The molecule has 0 spiro atoms. The number of hydrogen-bond acceptors (Lipinski definition) is 3. The highest BCUT2D eigenvalue weighted by atomic mass is 19.1. The molecule has 1 aromatic carbocycles. The summed E-state index contributed by atoms with van der Waals surface area (Å²) in [5, 5.41) is 5.96. The zero-order valence-corrected chi connectivity index (χ0v) is 13.3. The average molecular weight is 296 g/mol. The predicted molar refractivity (Wildman–Crippen MR) is 81.8 cm³/mol. The Labute approximate surface area is 126 Å². The van der Waals surface area contributed by atoms with Crippen molar-refractivity contribution in [2.75, 3.05) is 13.2 Å². The highest BCUT2D eigenvalue weighted by Gasteiger charge is 2.11. The van der Waals surface area contributed by atoms with E-state index in [0.29, 0.717) is 13.1 Å². The van der Waals surface area contributed by atoms with E-state index in [1.165, 1.54) is 6.07 Å². The number of hydrogen-bond donors (Lipinski definition) is 2. The van der Waals surface area contributed by atoms with Crippen LogP contribution in [0.25, 0.3) is 0 Å². The van der Waals surface area contributed by atoms with Crippen LogP contribution in [0.15, 0.2) is 18.2 Å². The number of rotatable bonds is 7. The molecule has 118 valence electrons. The average Bonchev–Trinajstić information content (AvgIpc) is 2.41. The van der Waals surface area contributed by atoms with Crippen LogP contribution in [0.4, 0.5) is 4.39 Å². The van der Waals surface area contributed by atoms with Crippen molar-refractivity contribution in [1.29, 1.82) is 0 Å². The van der Waals surface area contributed by atoms with Crippen LogP contribution in [0.5, 0.6) is 5.75 Å². The van der Waals surface area contributed by atoms with E-state index in [9.17, 15) is 9.18 Å². The van der Waals surface area contributed by atoms with E-state index in [2.05, 4.69) is 31.4 Å². The molecule has 1 aromatic rings. The van der Waals surface area contributed by atoms with Gasteiger partial charge in [-0.15, -0.1) is 0 Å². The van der Waals surface area contributed by atoms with Crippen LogP contribution in [0.2, 0.25) is 0 Å². The van der Waals surface area contributed by atoms with E-state index in [-0.39, 0.29) is 23.8 Å². The molecule has 0 aliphatic rings. The van der Waals surface area contributed by atoms with Crippen LogP contribution >= 0.6 is 0 Å². The third-order valence-electron chi connectivity index (χ3n) is 2.75. The van der Waals surface area contributed by atoms with Crippen molar-refractivity contribution in [3.05, 3.63) is 29.6 Å². The van der Waals surface area contributed by atoms with Gasteiger partial charge in [-0.1, -0.05) is 13.0 Å². The lowest BCUT2D eigenvalue weighted by Gasteiger charge is -2.20. The molecule has 0 aliphatic heterocycles. The molecule has 0 unspecified atom stereocenters. The molecule has 0 aliphatic carbocycles. The van der Waals surface area contributed by atoms with Crippen molar-refractivity contribution in [2.24, 2.45) is 0 Å². The minimum atomic E-state index is -0.452. The number of amides is 1. The lowest BCUT2D eigenvalue weighted by molar-refractivity contribution is -0.123. The van der Waals surface area contributed by atoms with Crippen LogP contribution in [0.3, 0.4) is 0 Å². The molecule has 0 radical (unpaired) electrons. The third kappa shape index (κ3) is 7.09. The maximum atomic E-state index is 13.9. The van der Waals surface area contributed by atoms with Gasteiger partial charge in [-0.3, -0.25) is 4.79 Å². The maximum absolute atomic E-state index is 13.9. The van der Waals surface area contributed by atoms with E-state index in [1.807, 2.05) is 6.92 Å². The normalized spacial score (nSPS) is 11.3. The van der Waals surface area contributed by atoms with E-state index >= 15 is 0 Å². The smallest absolute Gasteiger partial charge is 0.257 e. The Bertz CT molecular complexity index is 470. The van der Waals surface area contributed by atoms with Gasteiger partial charge in [0.2, 0.25) is 0 Å². The Hall–Kier alpha value is -1.62. The summed E-state index contributed by atoms with van der Waals surface area (Å²) in [5.41, 5.74) is 0.813. The molecule has 21 heavy (non-hydrogen) atoms. The number of benzene rings is 1. The molecule has 5 heteroatoms. The summed E-state index contributed by atoms with van der Waals surface area (Å²) in [6.45, 7) is 9.13. The standard InChI is InChI=1S/C16H25FN2O2/c1-5-8-18-15(20)11-21-14-7-6-12(9-13(14)17)10-19-16(2,3)4/h6-7,9,19H,5,8,10-11H2,1-4H3,(H,18,20). The topological polar surface area (TPSA) is 50.4 Å². The molecule has 0 heterocycles. The van der Waals surface area contributed by atoms with Gasteiger partial charge in [0.15, 0.2) is 18.2 Å². The molecule has 0 saturated heterocycles. The molecular formula is C16H25FN2O2.